The Hall–Kier alpha value is -2.01. The second-order valence-corrected chi connectivity index (χ2v) is 5.18. The minimum absolute atomic E-state index is 0.379. The molecule has 0 aliphatic rings. The van der Waals surface area contributed by atoms with Gasteiger partial charge in [-0.25, -0.2) is 4.79 Å². The average molecular weight is 350 g/mol. The molecule has 5 heteroatoms. The first kappa shape index (κ1) is 15.4. The number of ether oxygens (including phenoxy) is 2. The molecule has 0 spiro atoms. The molecule has 4 nitrogen and oxygen atoms in total. The number of halogens is 1. The van der Waals surface area contributed by atoms with Crippen molar-refractivity contribution in [2.24, 2.45) is 0 Å². The Labute approximate surface area is 132 Å². The molecule has 0 aromatic heterocycles. The number of benzene rings is 2. The summed E-state index contributed by atoms with van der Waals surface area (Å²) in [6.45, 7) is 0. The fourth-order valence-electron chi connectivity index (χ4n) is 2.02. The summed E-state index contributed by atoms with van der Waals surface area (Å²) >= 11 is 3.46. The van der Waals surface area contributed by atoms with Crippen molar-refractivity contribution in [2.75, 3.05) is 19.5 Å². The smallest absolute Gasteiger partial charge is 0.333 e. The molecule has 1 atom stereocenters. The fraction of sp³-hybridized carbons (Fsp3) is 0.188. The number of anilines is 1. The average Bonchev–Trinajstić information content (AvgIpc) is 2.53. The number of carbonyl (C=O) groups excluding carboxylic acids is 1. The van der Waals surface area contributed by atoms with Crippen LogP contribution < -0.4 is 10.1 Å². The Morgan fingerprint density at radius 2 is 1.76 bits per heavy atom. The molecule has 2 rings (SSSR count). The van der Waals surface area contributed by atoms with Gasteiger partial charge in [0.2, 0.25) is 0 Å². The van der Waals surface area contributed by atoms with Gasteiger partial charge in [-0.05, 0) is 34.1 Å². The van der Waals surface area contributed by atoms with Gasteiger partial charge in [0.05, 0.1) is 14.2 Å². The lowest BCUT2D eigenvalue weighted by molar-refractivity contribution is -0.141. The Kier molecular flexibility index (Phi) is 5.22. The van der Waals surface area contributed by atoms with Crippen LogP contribution in [0, 0.1) is 0 Å². The topological polar surface area (TPSA) is 47.6 Å². The normalized spacial score (nSPS) is 11.6. The highest BCUT2D eigenvalue weighted by atomic mass is 79.9. The van der Waals surface area contributed by atoms with Crippen LogP contribution in [-0.2, 0) is 9.53 Å². The van der Waals surface area contributed by atoms with Crippen molar-refractivity contribution in [1.82, 2.24) is 0 Å². The SMILES string of the molecule is COC(=O)C(Nc1ccccc1Br)c1ccccc1OC. The molecule has 0 heterocycles. The predicted molar refractivity (Wildman–Crippen MR) is 85.5 cm³/mol. The van der Waals surface area contributed by atoms with Crippen LogP contribution in [0.3, 0.4) is 0 Å². The third-order valence-electron chi connectivity index (χ3n) is 3.06. The Bertz CT molecular complexity index is 630. The summed E-state index contributed by atoms with van der Waals surface area (Å²) in [6.07, 6.45) is 0. The van der Waals surface area contributed by atoms with Crippen LogP contribution >= 0.6 is 15.9 Å². The monoisotopic (exact) mass is 349 g/mol. The molecular weight excluding hydrogens is 334 g/mol. The second-order valence-electron chi connectivity index (χ2n) is 4.32. The minimum atomic E-state index is -0.648. The summed E-state index contributed by atoms with van der Waals surface area (Å²) in [5.41, 5.74) is 1.53. The molecule has 0 bridgehead atoms. The van der Waals surface area contributed by atoms with E-state index in [-0.39, 0.29) is 5.97 Å². The van der Waals surface area contributed by atoms with E-state index in [1.807, 2.05) is 48.5 Å². The van der Waals surface area contributed by atoms with Crippen LogP contribution in [0.1, 0.15) is 11.6 Å². The highest BCUT2D eigenvalue weighted by molar-refractivity contribution is 9.10. The van der Waals surface area contributed by atoms with E-state index < -0.39 is 6.04 Å². The summed E-state index contributed by atoms with van der Waals surface area (Å²) < 4.78 is 11.1. The molecule has 2 aromatic rings. The van der Waals surface area contributed by atoms with Gasteiger partial charge < -0.3 is 14.8 Å². The summed E-state index contributed by atoms with van der Waals surface area (Å²) in [5, 5.41) is 3.19. The van der Waals surface area contributed by atoms with E-state index in [9.17, 15) is 4.79 Å². The number of rotatable bonds is 5. The fourth-order valence-corrected chi connectivity index (χ4v) is 2.42. The van der Waals surface area contributed by atoms with Crippen LogP contribution in [0.15, 0.2) is 53.0 Å². The number of esters is 1. The zero-order valence-electron chi connectivity index (χ0n) is 11.8. The molecule has 0 saturated carbocycles. The molecule has 0 amide bonds. The third kappa shape index (κ3) is 3.55. The van der Waals surface area contributed by atoms with E-state index >= 15 is 0 Å². The molecule has 110 valence electrons. The van der Waals surface area contributed by atoms with Crippen LogP contribution in [0.5, 0.6) is 5.75 Å². The summed E-state index contributed by atoms with van der Waals surface area (Å²) in [4.78, 5) is 12.1. The molecule has 21 heavy (non-hydrogen) atoms. The van der Waals surface area contributed by atoms with Crippen LogP contribution in [0.4, 0.5) is 5.69 Å². The molecule has 0 aliphatic carbocycles. The molecule has 0 saturated heterocycles. The van der Waals surface area contributed by atoms with Gasteiger partial charge in [0.15, 0.2) is 6.04 Å². The Morgan fingerprint density at radius 1 is 1.10 bits per heavy atom. The maximum atomic E-state index is 12.1. The summed E-state index contributed by atoms with van der Waals surface area (Å²) in [6, 6.07) is 14.3. The molecule has 1 unspecified atom stereocenters. The predicted octanol–water partition coefficient (Wildman–Crippen LogP) is 3.78. The van der Waals surface area contributed by atoms with Gasteiger partial charge in [0.25, 0.3) is 0 Å². The van der Waals surface area contributed by atoms with Crippen LogP contribution in [0.25, 0.3) is 0 Å². The standard InChI is InChI=1S/C16H16BrNO3/c1-20-14-10-6-3-7-11(14)15(16(19)21-2)18-13-9-5-4-8-12(13)17/h3-10,15,18H,1-2H3. The second kappa shape index (κ2) is 7.13. The van der Waals surface area contributed by atoms with Crippen molar-refractivity contribution in [2.45, 2.75) is 6.04 Å². The van der Waals surface area contributed by atoms with E-state index in [0.717, 1.165) is 15.7 Å². The van der Waals surface area contributed by atoms with Gasteiger partial charge in [-0.3, -0.25) is 0 Å². The lowest BCUT2D eigenvalue weighted by Gasteiger charge is -2.20. The van der Waals surface area contributed by atoms with Crippen LogP contribution in [-0.4, -0.2) is 20.2 Å². The molecule has 2 aromatic carbocycles. The Balaban J connectivity index is 2.40. The molecular formula is C16H16BrNO3. The minimum Gasteiger partial charge on any atom is -0.496 e. The Morgan fingerprint density at radius 3 is 2.43 bits per heavy atom. The largest absolute Gasteiger partial charge is 0.496 e. The number of carbonyl (C=O) groups is 1. The maximum absolute atomic E-state index is 12.1. The van der Waals surface area contributed by atoms with Gasteiger partial charge >= 0.3 is 5.97 Å². The quantitative estimate of drug-likeness (QED) is 0.834. The van der Waals surface area contributed by atoms with Gasteiger partial charge in [0.1, 0.15) is 5.75 Å². The third-order valence-corrected chi connectivity index (χ3v) is 3.75. The number of hydrogen-bond acceptors (Lipinski definition) is 4. The zero-order valence-corrected chi connectivity index (χ0v) is 13.4. The molecule has 0 fully saturated rings. The number of hydrogen-bond donors (Lipinski definition) is 1. The summed E-state index contributed by atoms with van der Waals surface area (Å²) in [7, 11) is 2.94. The first-order chi connectivity index (χ1) is 10.2. The number of methoxy groups -OCH3 is 2. The van der Waals surface area contributed by atoms with Crippen LogP contribution in [0.2, 0.25) is 0 Å². The van der Waals surface area contributed by atoms with Crippen molar-refractivity contribution in [3.63, 3.8) is 0 Å². The van der Waals surface area contributed by atoms with E-state index in [1.165, 1.54) is 7.11 Å². The van der Waals surface area contributed by atoms with E-state index in [4.69, 9.17) is 9.47 Å². The van der Waals surface area contributed by atoms with Crippen molar-refractivity contribution in [1.29, 1.82) is 0 Å². The summed E-state index contributed by atoms with van der Waals surface area (Å²) in [5.74, 6) is 0.253. The highest BCUT2D eigenvalue weighted by Crippen LogP contribution is 2.31. The van der Waals surface area contributed by atoms with Crippen molar-refractivity contribution >= 4 is 27.6 Å². The number of nitrogens with one attached hydrogen (secondary N) is 1. The lowest BCUT2D eigenvalue weighted by Crippen LogP contribution is -2.23. The first-order valence-corrected chi connectivity index (χ1v) is 7.18. The maximum Gasteiger partial charge on any atom is 0.333 e. The van der Waals surface area contributed by atoms with Gasteiger partial charge in [-0.15, -0.1) is 0 Å². The van der Waals surface area contributed by atoms with E-state index in [1.54, 1.807) is 7.11 Å². The van der Waals surface area contributed by atoms with Gasteiger partial charge in [0, 0.05) is 15.7 Å². The van der Waals surface area contributed by atoms with Gasteiger partial charge in [-0.2, -0.15) is 0 Å². The van der Waals surface area contributed by atoms with E-state index in [2.05, 4.69) is 21.2 Å². The molecule has 1 N–H and O–H groups in total. The van der Waals surface area contributed by atoms with Gasteiger partial charge in [-0.1, -0.05) is 30.3 Å². The van der Waals surface area contributed by atoms with Crippen molar-refractivity contribution in [3.05, 3.63) is 58.6 Å². The lowest BCUT2D eigenvalue weighted by atomic mass is 10.1. The van der Waals surface area contributed by atoms with Crippen molar-refractivity contribution < 1.29 is 14.3 Å². The van der Waals surface area contributed by atoms with E-state index in [0.29, 0.717) is 5.75 Å². The molecule has 0 aliphatic heterocycles. The zero-order chi connectivity index (χ0) is 15.2. The first-order valence-electron chi connectivity index (χ1n) is 6.39. The highest BCUT2D eigenvalue weighted by Gasteiger charge is 2.25. The van der Waals surface area contributed by atoms with Crippen molar-refractivity contribution in [3.8, 4) is 5.75 Å². The number of para-hydroxylation sites is 2. The molecule has 0 radical (unpaired) electrons.